The van der Waals surface area contributed by atoms with Crippen molar-refractivity contribution < 1.29 is 8.42 Å². The molecular weight excluding hydrogens is 432 g/mol. The first kappa shape index (κ1) is 21.0. The van der Waals surface area contributed by atoms with Crippen molar-refractivity contribution >= 4 is 32.8 Å². The molecule has 3 aromatic heterocycles. The molecule has 0 N–H and O–H groups in total. The maximum atomic E-state index is 12.2. The van der Waals surface area contributed by atoms with Crippen LogP contribution in [0.15, 0.2) is 96.5 Å². The SMILES string of the molecule is CS(=O)(=O)c1cccc(N(c2cccnc2Cl)C(c2cccnc2)c2cccnc2)c1. The average molecular weight is 451 g/mol. The Kier molecular flexibility index (Phi) is 5.97. The highest BCUT2D eigenvalue weighted by molar-refractivity contribution is 7.90. The van der Waals surface area contributed by atoms with Crippen LogP contribution in [0.4, 0.5) is 11.4 Å². The van der Waals surface area contributed by atoms with E-state index in [0.29, 0.717) is 16.5 Å². The minimum Gasteiger partial charge on any atom is -0.327 e. The quantitative estimate of drug-likeness (QED) is 0.390. The number of hydrogen-bond donors (Lipinski definition) is 0. The number of halogens is 1. The highest BCUT2D eigenvalue weighted by atomic mass is 35.5. The maximum Gasteiger partial charge on any atom is 0.175 e. The molecule has 0 fully saturated rings. The number of anilines is 2. The number of pyridine rings is 3. The average Bonchev–Trinajstić information content (AvgIpc) is 2.79. The van der Waals surface area contributed by atoms with E-state index in [1.807, 2.05) is 41.3 Å². The predicted octanol–water partition coefficient (Wildman–Crippen LogP) is 4.86. The minimum atomic E-state index is -3.41. The van der Waals surface area contributed by atoms with Crippen LogP contribution < -0.4 is 4.90 Å². The number of benzene rings is 1. The molecule has 0 aliphatic heterocycles. The fraction of sp³-hybridized carbons (Fsp3) is 0.0870. The summed E-state index contributed by atoms with van der Waals surface area (Å²) in [5.74, 6) is 0. The van der Waals surface area contributed by atoms with E-state index in [2.05, 4.69) is 15.0 Å². The summed E-state index contributed by atoms with van der Waals surface area (Å²) in [6, 6.07) is 17.7. The predicted molar refractivity (Wildman–Crippen MR) is 121 cm³/mol. The van der Waals surface area contributed by atoms with Crippen LogP contribution in [0, 0.1) is 0 Å². The van der Waals surface area contributed by atoms with Crippen LogP contribution >= 0.6 is 11.6 Å². The molecule has 0 bridgehead atoms. The molecule has 156 valence electrons. The van der Waals surface area contributed by atoms with Gasteiger partial charge in [-0.15, -0.1) is 0 Å². The second-order valence-corrected chi connectivity index (χ2v) is 9.30. The van der Waals surface area contributed by atoms with Gasteiger partial charge in [-0.1, -0.05) is 29.8 Å². The Hall–Kier alpha value is -3.29. The Morgan fingerprint density at radius 1 is 0.871 bits per heavy atom. The molecule has 0 saturated heterocycles. The van der Waals surface area contributed by atoms with E-state index < -0.39 is 9.84 Å². The van der Waals surface area contributed by atoms with E-state index in [9.17, 15) is 8.42 Å². The molecule has 0 spiro atoms. The van der Waals surface area contributed by atoms with Gasteiger partial charge in [0.15, 0.2) is 15.0 Å². The van der Waals surface area contributed by atoms with Crippen LogP contribution in [0.3, 0.4) is 0 Å². The molecule has 6 nitrogen and oxygen atoms in total. The van der Waals surface area contributed by atoms with Gasteiger partial charge in [0.25, 0.3) is 0 Å². The minimum absolute atomic E-state index is 0.214. The van der Waals surface area contributed by atoms with Crippen molar-refractivity contribution in [3.05, 3.63) is 108 Å². The molecule has 0 unspecified atom stereocenters. The fourth-order valence-corrected chi connectivity index (χ4v) is 4.29. The zero-order chi connectivity index (χ0) is 21.8. The number of aromatic nitrogens is 3. The zero-order valence-electron chi connectivity index (χ0n) is 16.6. The van der Waals surface area contributed by atoms with Gasteiger partial charge in [-0.25, -0.2) is 13.4 Å². The number of sulfone groups is 1. The van der Waals surface area contributed by atoms with Gasteiger partial charge in [-0.3, -0.25) is 9.97 Å². The van der Waals surface area contributed by atoms with E-state index in [4.69, 9.17) is 11.6 Å². The molecule has 0 aliphatic carbocycles. The molecule has 1 aromatic carbocycles. The Morgan fingerprint density at radius 2 is 1.52 bits per heavy atom. The van der Waals surface area contributed by atoms with Crippen molar-refractivity contribution in [2.75, 3.05) is 11.2 Å². The van der Waals surface area contributed by atoms with Crippen molar-refractivity contribution in [1.29, 1.82) is 0 Å². The van der Waals surface area contributed by atoms with Crippen LogP contribution in [0.1, 0.15) is 17.2 Å². The summed E-state index contributed by atoms with van der Waals surface area (Å²) < 4.78 is 24.5. The Balaban J connectivity index is 2.01. The van der Waals surface area contributed by atoms with Crippen molar-refractivity contribution in [2.24, 2.45) is 0 Å². The van der Waals surface area contributed by atoms with Crippen molar-refractivity contribution in [1.82, 2.24) is 15.0 Å². The van der Waals surface area contributed by atoms with Crippen LogP contribution in [0.5, 0.6) is 0 Å². The zero-order valence-corrected chi connectivity index (χ0v) is 18.2. The Labute approximate surface area is 186 Å². The highest BCUT2D eigenvalue weighted by Gasteiger charge is 2.27. The van der Waals surface area contributed by atoms with E-state index in [1.54, 1.807) is 55.2 Å². The first-order valence-electron chi connectivity index (χ1n) is 9.45. The maximum absolute atomic E-state index is 12.2. The molecular formula is C23H19ClN4O2S. The van der Waals surface area contributed by atoms with E-state index in [0.717, 1.165) is 11.1 Å². The third-order valence-electron chi connectivity index (χ3n) is 4.78. The molecule has 3 heterocycles. The summed E-state index contributed by atoms with van der Waals surface area (Å²) in [4.78, 5) is 15.0. The second-order valence-electron chi connectivity index (χ2n) is 6.93. The largest absolute Gasteiger partial charge is 0.327 e. The van der Waals surface area contributed by atoms with Crippen LogP contribution in [-0.2, 0) is 9.84 Å². The molecule has 31 heavy (non-hydrogen) atoms. The second kappa shape index (κ2) is 8.83. The third kappa shape index (κ3) is 4.57. The van der Waals surface area contributed by atoms with Gasteiger partial charge in [-0.2, -0.15) is 0 Å². The molecule has 0 radical (unpaired) electrons. The Bertz CT molecular complexity index is 1250. The normalized spacial score (nSPS) is 11.5. The lowest BCUT2D eigenvalue weighted by Crippen LogP contribution is -2.26. The lowest BCUT2D eigenvalue weighted by atomic mass is 9.98. The van der Waals surface area contributed by atoms with Gasteiger partial charge in [-0.05, 0) is 53.6 Å². The molecule has 8 heteroatoms. The van der Waals surface area contributed by atoms with Gasteiger partial charge >= 0.3 is 0 Å². The van der Waals surface area contributed by atoms with Gasteiger partial charge in [0.1, 0.15) is 0 Å². The first-order valence-corrected chi connectivity index (χ1v) is 11.7. The first-order chi connectivity index (χ1) is 14.9. The lowest BCUT2D eigenvalue weighted by Gasteiger charge is -2.34. The summed E-state index contributed by atoms with van der Waals surface area (Å²) in [6.07, 6.45) is 9.75. The van der Waals surface area contributed by atoms with Gasteiger partial charge < -0.3 is 4.90 Å². The summed E-state index contributed by atoms with van der Waals surface area (Å²) in [5, 5.41) is 0.296. The lowest BCUT2D eigenvalue weighted by molar-refractivity contribution is 0.602. The van der Waals surface area contributed by atoms with Crippen molar-refractivity contribution in [3.8, 4) is 0 Å². The monoisotopic (exact) mass is 450 g/mol. The summed E-state index contributed by atoms with van der Waals surface area (Å²) in [5.41, 5.74) is 3.06. The fourth-order valence-electron chi connectivity index (χ4n) is 3.41. The summed E-state index contributed by atoms with van der Waals surface area (Å²) in [6.45, 7) is 0. The van der Waals surface area contributed by atoms with Crippen LogP contribution in [0.2, 0.25) is 5.15 Å². The van der Waals surface area contributed by atoms with Crippen molar-refractivity contribution in [3.63, 3.8) is 0 Å². The summed E-state index contributed by atoms with van der Waals surface area (Å²) >= 11 is 6.52. The smallest absolute Gasteiger partial charge is 0.175 e. The number of hydrogen-bond acceptors (Lipinski definition) is 6. The van der Waals surface area contributed by atoms with Crippen LogP contribution in [0.25, 0.3) is 0 Å². The standard InChI is InChI=1S/C23H19ClN4O2S/c1-31(29,30)20-9-2-8-19(14-20)28(21-10-5-13-27-23(21)24)22(17-6-3-11-25-15-17)18-7-4-12-26-16-18/h2-16,22H,1H3. The molecule has 0 amide bonds. The molecule has 0 atom stereocenters. The molecule has 0 saturated carbocycles. The van der Waals surface area contributed by atoms with Gasteiger partial charge in [0, 0.05) is 42.9 Å². The third-order valence-corrected chi connectivity index (χ3v) is 6.18. The molecule has 0 aliphatic rings. The molecule has 4 rings (SSSR count). The van der Waals surface area contributed by atoms with E-state index in [-0.39, 0.29) is 10.9 Å². The number of rotatable bonds is 6. The molecule has 4 aromatic rings. The Morgan fingerprint density at radius 3 is 2.06 bits per heavy atom. The topological polar surface area (TPSA) is 76.1 Å². The van der Waals surface area contributed by atoms with Crippen molar-refractivity contribution in [2.45, 2.75) is 10.9 Å². The number of nitrogens with zero attached hydrogens (tertiary/aromatic N) is 4. The highest BCUT2D eigenvalue weighted by Crippen LogP contribution is 2.41. The van der Waals surface area contributed by atoms with Crippen LogP contribution in [-0.4, -0.2) is 29.6 Å². The van der Waals surface area contributed by atoms with Gasteiger partial charge in [0.05, 0.1) is 16.6 Å². The van der Waals surface area contributed by atoms with E-state index >= 15 is 0 Å². The van der Waals surface area contributed by atoms with E-state index in [1.165, 1.54) is 6.26 Å². The van der Waals surface area contributed by atoms with Gasteiger partial charge in [0.2, 0.25) is 0 Å². The summed E-state index contributed by atoms with van der Waals surface area (Å²) in [7, 11) is -3.41.